The smallest absolute Gasteiger partial charge is 0.312 e. The molecule has 144 valence electrons. The van der Waals surface area contributed by atoms with Gasteiger partial charge in [-0.2, -0.15) is 0 Å². The number of carbonyl (C=O) groups is 1. The summed E-state index contributed by atoms with van der Waals surface area (Å²) in [5.41, 5.74) is 2.32. The average Bonchev–Trinajstić information content (AvgIpc) is 3.15. The van der Waals surface area contributed by atoms with Gasteiger partial charge in [0.1, 0.15) is 0 Å². The Bertz CT molecular complexity index is 674. The van der Waals surface area contributed by atoms with Crippen LogP contribution in [0.1, 0.15) is 50.7 Å². The summed E-state index contributed by atoms with van der Waals surface area (Å²) in [5, 5.41) is 0. The van der Waals surface area contributed by atoms with E-state index in [2.05, 4.69) is 72.5 Å². The molecule has 1 aliphatic rings. The van der Waals surface area contributed by atoms with Crippen LogP contribution < -0.4 is 0 Å². The van der Waals surface area contributed by atoms with Crippen LogP contribution in [0.25, 0.3) is 0 Å². The minimum absolute atomic E-state index is 0.00521. The fourth-order valence-electron chi connectivity index (χ4n) is 4.29. The summed E-state index contributed by atoms with van der Waals surface area (Å²) < 4.78 is 5.43. The van der Waals surface area contributed by atoms with Gasteiger partial charge in [0.15, 0.2) is 0 Å². The molecule has 0 spiro atoms. The van der Waals surface area contributed by atoms with Gasteiger partial charge in [0.2, 0.25) is 0 Å². The molecule has 1 fully saturated rings. The second kappa shape index (κ2) is 9.18. The normalized spacial score (nSPS) is 22.1. The average molecular weight is 366 g/mol. The number of hydrogen-bond acceptors (Lipinski definition) is 3. The van der Waals surface area contributed by atoms with E-state index in [-0.39, 0.29) is 11.4 Å². The van der Waals surface area contributed by atoms with Gasteiger partial charge in [-0.05, 0) is 43.7 Å². The Morgan fingerprint density at radius 3 is 2.04 bits per heavy atom. The van der Waals surface area contributed by atoms with Crippen LogP contribution in [-0.4, -0.2) is 23.5 Å². The van der Waals surface area contributed by atoms with Crippen molar-refractivity contribution >= 4 is 5.97 Å². The van der Waals surface area contributed by atoms with Crippen molar-refractivity contribution in [3.05, 3.63) is 71.8 Å². The van der Waals surface area contributed by atoms with Crippen molar-refractivity contribution in [2.24, 2.45) is 5.41 Å². The lowest BCUT2D eigenvalue weighted by atomic mass is 9.83. The van der Waals surface area contributed by atoms with E-state index in [4.69, 9.17) is 4.74 Å². The molecule has 2 atom stereocenters. The lowest BCUT2D eigenvalue weighted by Crippen LogP contribution is -2.36. The predicted molar refractivity (Wildman–Crippen MR) is 109 cm³/mol. The van der Waals surface area contributed by atoms with E-state index >= 15 is 0 Å². The molecule has 1 aliphatic carbocycles. The van der Waals surface area contributed by atoms with Gasteiger partial charge in [-0.15, -0.1) is 0 Å². The number of benzene rings is 2. The van der Waals surface area contributed by atoms with Crippen LogP contribution in [0.2, 0.25) is 0 Å². The molecule has 0 heterocycles. The highest BCUT2D eigenvalue weighted by Gasteiger charge is 2.46. The monoisotopic (exact) mass is 365 g/mol. The zero-order chi connectivity index (χ0) is 19.1. The van der Waals surface area contributed by atoms with E-state index < -0.39 is 0 Å². The highest BCUT2D eigenvalue weighted by atomic mass is 16.5. The van der Waals surface area contributed by atoms with Crippen LogP contribution in [0.3, 0.4) is 0 Å². The zero-order valence-corrected chi connectivity index (χ0v) is 16.6. The molecule has 0 aliphatic heterocycles. The second-order valence-electron chi connectivity index (χ2n) is 7.63. The molecule has 0 radical (unpaired) electrons. The third-order valence-electron chi connectivity index (χ3n) is 5.94. The summed E-state index contributed by atoms with van der Waals surface area (Å²) in [6.45, 7) is 6.29. The molecule has 2 aromatic rings. The van der Waals surface area contributed by atoms with E-state index in [1.807, 2.05) is 6.92 Å². The van der Waals surface area contributed by atoms with Crippen molar-refractivity contribution in [2.45, 2.75) is 58.7 Å². The third kappa shape index (κ3) is 4.78. The largest absolute Gasteiger partial charge is 0.466 e. The highest BCUT2D eigenvalue weighted by molar-refractivity contribution is 5.77. The molecule has 27 heavy (non-hydrogen) atoms. The van der Waals surface area contributed by atoms with Crippen LogP contribution in [-0.2, 0) is 22.6 Å². The first-order chi connectivity index (χ1) is 13.2. The Labute approximate surface area is 163 Å². The number of nitrogens with zero attached hydrogens (tertiary/aromatic N) is 1. The summed E-state index contributed by atoms with van der Waals surface area (Å²) in [5.74, 6) is -0.00521. The fourth-order valence-corrected chi connectivity index (χ4v) is 4.29. The van der Waals surface area contributed by atoms with Crippen LogP contribution in [0, 0.1) is 5.41 Å². The van der Waals surface area contributed by atoms with Gasteiger partial charge >= 0.3 is 5.97 Å². The molecule has 3 rings (SSSR count). The third-order valence-corrected chi connectivity index (χ3v) is 5.94. The molecule has 0 bridgehead atoms. The Kier molecular flexibility index (Phi) is 6.68. The van der Waals surface area contributed by atoms with Gasteiger partial charge in [-0.25, -0.2) is 0 Å². The standard InChI is InChI=1S/C24H31NO2/c1-3-24(23(26)27-4-2)16-15-22(17-24)25(18-20-11-7-5-8-12-20)19-21-13-9-6-10-14-21/h5-14,22H,3-4,15-19H2,1-2H3. The van der Waals surface area contributed by atoms with Gasteiger partial charge in [-0.1, -0.05) is 67.6 Å². The number of hydrogen-bond donors (Lipinski definition) is 0. The Balaban J connectivity index is 1.79. The minimum atomic E-state index is -0.313. The van der Waals surface area contributed by atoms with Crippen LogP contribution in [0.4, 0.5) is 0 Å². The summed E-state index contributed by atoms with van der Waals surface area (Å²) in [6, 6.07) is 21.6. The quantitative estimate of drug-likeness (QED) is 0.602. The van der Waals surface area contributed by atoms with Crippen molar-refractivity contribution in [2.75, 3.05) is 6.61 Å². The maximum absolute atomic E-state index is 12.6. The molecular formula is C24H31NO2. The summed E-state index contributed by atoms with van der Waals surface area (Å²) >= 11 is 0. The minimum Gasteiger partial charge on any atom is -0.466 e. The molecular weight excluding hydrogens is 334 g/mol. The molecule has 2 aromatic carbocycles. The maximum Gasteiger partial charge on any atom is 0.312 e. The number of carbonyl (C=O) groups excluding carboxylic acids is 1. The van der Waals surface area contributed by atoms with E-state index in [0.29, 0.717) is 12.6 Å². The summed E-state index contributed by atoms with van der Waals surface area (Å²) in [4.78, 5) is 15.2. The van der Waals surface area contributed by atoms with E-state index in [0.717, 1.165) is 38.8 Å². The first-order valence-corrected chi connectivity index (χ1v) is 10.2. The van der Waals surface area contributed by atoms with Crippen molar-refractivity contribution in [3.63, 3.8) is 0 Å². The zero-order valence-electron chi connectivity index (χ0n) is 16.6. The van der Waals surface area contributed by atoms with Crippen LogP contribution in [0.15, 0.2) is 60.7 Å². The maximum atomic E-state index is 12.6. The molecule has 0 amide bonds. The Hall–Kier alpha value is -2.13. The van der Waals surface area contributed by atoms with Crippen LogP contribution in [0.5, 0.6) is 0 Å². The highest BCUT2D eigenvalue weighted by Crippen LogP contribution is 2.44. The second-order valence-corrected chi connectivity index (χ2v) is 7.63. The van der Waals surface area contributed by atoms with Crippen molar-refractivity contribution < 1.29 is 9.53 Å². The first kappa shape index (κ1) is 19.6. The van der Waals surface area contributed by atoms with Gasteiger partial charge in [0, 0.05) is 19.1 Å². The number of rotatable bonds is 8. The van der Waals surface area contributed by atoms with Crippen LogP contribution >= 0.6 is 0 Å². The Morgan fingerprint density at radius 2 is 1.56 bits per heavy atom. The van der Waals surface area contributed by atoms with Gasteiger partial charge < -0.3 is 4.74 Å². The molecule has 3 heteroatoms. The number of esters is 1. The topological polar surface area (TPSA) is 29.5 Å². The van der Waals surface area contributed by atoms with Gasteiger partial charge in [0.25, 0.3) is 0 Å². The van der Waals surface area contributed by atoms with Gasteiger partial charge in [0.05, 0.1) is 12.0 Å². The molecule has 1 saturated carbocycles. The molecule has 0 aromatic heterocycles. The lowest BCUT2D eigenvalue weighted by Gasteiger charge is -2.31. The Morgan fingerprint density at radius 1 is 1.00 bits per heavy atom. The summed E-state index contributed by atoms with van der Waals surface area (Å²) in [6.07, 6.45) is 3.72. The number of ether oxygens (including phenoxy) is 1. The van der Waals surface area contributed by atoms with Crippen molar-refractivity contribution in [3.8, 4) is 0 Å². The fraction of sp³-hybridized carbons (Fsp3) is 0.458. The SMILES string of the molecule is CCOC(=O)C1(CC)CCC(N(Cc2ccccc2)Cc2ccccc2)C1. The summed E-state index contributed by atoms with van der Waals surface area (Å²) in [7, 11) is 0. The molecule has 0 N–H and O–H groups in total. The van der Waals surface area contributed by atoms with E-state index in [1.54, 1.807) is 0 Å². The van der Waals surface area contributed by atoms with E-state index in [9.17, 15) is 4.79 Å². The van der Waals surface area contributed by atoms with E-state index in [1.165, 1.54) is 11.1 Å². The molecule has 3 nitrogen and oxygen atoms in total. The van der Waals surface area contributed by atoms with Crippen molar-refractivity contribution in [1.82, 2.24) is 4.90 Å². The first-order valence-electron chi connectivity index (χ1n) is 10.2. The van der Waals surface area contributed by atoms with Crippen molar-refractivity contribution in [1.29, 1.82) is 0 Å². The van der Waals surface area contributed by atoms with Gasteiger partial charge in [-0.3, -0.25) is 9.69 Å². The molecule has 0 saturated heterocycles. The predicted octanol–water partition coefficient (Wildman–Crippen LogP) is 5.20. The molecule has 2 unspecified atom stereocenters. The lowest BCUT2D eigenvalue weighted by molar-refractivity contribution is -0.155.